The zero-order valence-corrected chi connectivity index (χ0v) is 11.5. The van der Waals surface area contributed by atoms with E-state index in [1.807, 2.05) is 0 Å². The highest BCUT2D eigenvalue weighted by Gasteiger charge is 2.38. The largest absolute Gasteiger partial charge is 0.490 e. The van der Waals surface area contributed by atoms with E-state index < -0.39 is 30.9 Å². The second kappa shape index (κ2) is 8.06. The highest BCUT2D eigenvalue weighted by molar-refractivity contribution is 5.74. The van der Waals surface area contributed by atoms with Gasteiger partial charge in [-0.1, -0.05) is 0 Å². The molecule has 130 valence electrons. The van der Waals surface area contributed by atoms with Crippen LogP contribution in [-0.2, 0) is 4.79 Å². The van der Waals surface area contributed by atoms with Gasteiger partial charge >= 0.3 is 24.4 Å². The molecule has 1 fully saturated rings. The summed E-state index contributed by atoms with van der Waals surface area (Å²) in [6, 6.07) is -0.561. The van der Waals surface area contributed by atoms with Gasteiger partial charge in [-0.3, -0.25) is 0 Å². The van der Waals surface area contributed by atoms with E-state index in [1.54, 1.807) is 0 Å². The molecule has 2 N–H and O–H groups in total. The van der Waals surface area contributed by atoms with Crippen molar-refractivity contribution in [2.45, 2.75) is 12.4 Å². The number of urea groups is 1. The van der Waals surface area contributed by atoms with Crippen molar-refractivity contribution < 1.29 is 41.0 Å². The van der Waals surface area contributed by atoms with E-state index in [2.05, 4.69) is 5.32 Å². The molecule has 0 aromatic rings. The standard InChI is InChI=1S/C8H14F3N3O.C2HF3O2/c1-13(6-8(9,10)11)7(15)14-4-2-12-3-5-14;3-2(4,5)1(6)7/h12H,2-6H2,1H3;(H,6,7). The minimum atomic E-state index is -5.08. The fourth-order valence-electron chi connectivity index (χ4n) is 1.43. The van der Waals surface area contributed by atoms with Gasteiger partial charge in [0, 0.05) is 33.2 Å². The Hall–Kier alpha value is -1.72. The van der Waals surface area contributed by atoms with Crippen molar-refractivity contribution in [1.82, 2.24) is 15.1 Å². The van der Waals surface area contributed by atoms with Gasteiger partial charge in [0.1, 0.15) is 6.54 Å². The van der Waals surface area contributed by atoms with E-state index in [1.165, 1.54) is 4.90 Å². The molecule has 0 aromatic heterocycles. The summed E-state index contributed by atoms with van der Waals surface area (Å²) in [5.41, 5.74) is 0. The van der Waals surface area contributed by atoms with Gasteiger partial charge < -0.3 is 20.2 Å². The van der Waals surface area contributed by atoms with Gasteiger partial charge in [-0.25, -0.2) is 9.59 Å². The second-order valence-corrected chi connectivity index (χ2v) is 4.29. The third-order valence-corrected chi connectivity index (χ3v) is 2.37. The van der Waals surface area contributed by atoms with Gasteiger partial charge in [-0.2, -0.15) is 26.3 Å². The summed E-state index contributed by atoms with van der Waals surface area (Å²) in [7, 11) is 1.16. The third kappa shape index (κ3) is 8.54. The number of nitrogens with zero attached hydrogens (tertiary/aromatic N) is 2. The maximum atomic E-state index is 12.0. The molecule has 0 bridgehead atoms. The first-order chi connectivity index (χ1) is 9.84. The van der Waals surface area contributed by atoms with Gasteiger partial charge in [-0.05, 0) is 0 Å². The summed E-state index contributed by atoms with van der Waals surface area (Å²) in [6.45, 7) is 0.981. The number of nitrogens with one attached hydrogen (secondary N) is 1. The molecule has 0 unspecified atom stereocenters. The molecule has 1 aliphatic rings. The molecular weight excluding hydrogens is 324 g/mol. The van der Waals surface area contributed by atoms with Crippen LogP contribution in [-0.4, -0.2) is 79.0 Å². The number of carbonyl (C=O) groups excluding carboxylic acids is 1. The molecule has 0 spiro atoms. The maximum Gasteiger partial charge on any atom is 0.490 e. The first kappa shape index (κ1) is 20.3. The molecule has 1 rings (SSSR count). The van der Waals surface area contributed by atoms with Gasteiger partial charge in [-0.15, -0.1) is 0 Å². The fraction of sp³-hybridized carbons (Fsp3) is 0.800. The summed E-state index contributed by atoms with van der Waals surface area (Å²) in [5.74, 6) is -2.76. The first-order valence-corrected chi connectivity index (χ1v) is 5.92. The molecule has 6 nitrogen and oxygen atoms in total. The number of halogens is 6. The molecular formula is C10H15F6N3O3. The third-order valence-electron chi connectivity index (χ3n) is 2.37. The number of carboxylic acid groups (broad SMARTS) is 1. The molecule has 12 heteroatoms. The lowest BCUT2D eigenvalue weighted by atomic mass is 10.4. The normalized spacial score (nSPS) is 15.7. The number of rotatable bonds is 1. The van der Waals surface area contributed by atoms with Crippen LogP contribution in [0, 0.1) is 0 Å². The highest BCUT2D eigenvalue weighted by Crippen LogP contribution is 2.16. The highest BCUT2D eigenvalue weighted by atomic mass is 19.4. The minimum absolute atomic E-state index is 0.459. The van der Waals surface area contributed by atoms with Crippen LogP contribution >= 0.6 is 0 Å². The number of amides is 2. The molecule has 0 radical (unpaired) electrons. The second-order valence-electron chi connectivity index (χ2n) is 4.29. The predicted molar refractivity (Wildman–Crippen MR) is 62.2 cm³/mol. The average molecular weight is 339 g/mol. The van der Waals surface area contributed by atoms with Crippen LogP contribution in [0.3, 0.4) is 0 Å². The van der Waals surface area contributed by atoms with Crippen LogP contribution < -0.4 is 5.32 Å². The topological polar surface area (TPSA) is 72.9 Å². The molecule has 1 aliphatic heterocycles. The Morgan fingerprint density at radius 1 is 1.14 bits per heavy atom. The van der Waals surface area contributed by atoms with Gasteiger partial charge in [0.05, 0.1) is 0 Å². The lowest BCUT2D eigenvalue weighted by Gasteiger charge is -2.31. The lowest BCUT2D eigenvalue weighted by molar-refractivity contribution is -0.192. The quantitative estimate of drug-likeness (QED) is 0.703. The number of alkyl halides is 6. The zero-order chi connectivity index (χ0) is 17.6. The Balaban J connectivity index is 0.000000534. The van der Waals surface area contributed by atoms with Crippen LogP contribution in [0.5, 0.6) is 0 Å². The van der Waals surface area contributed by atoms with Crippen LogP contribution in [0.4, 0.5) is 31.1 Å². The number of piperazine rings is 1. The van der Waals surface area contributed by atoms with Crippen molar-refractivity contribution in [1.29, 1.82) is 0 Å². The van der Waals surface area contributed by atoms with E-state index >= 15 is 0 Å². The van der Waals surface area contributed by atoms with Crippen molar-refractivity contribution >= 4 is 12.0 Å². The average Bonchev–Trinajstić information content (AvgIpc) is 2.36. The van der Waals surface area contributed by atoms with Gasteiger partial charge in [0.25, 0.3) is 0 Å². The van der Waals surface area contributed by atoms with Crippen molar-refractivity contribution in [2.75, 3.05) is 39.8 Å². The van der Waals surface area contributed by atoms with E-state index in [0.29, 0.717) is 31.1 Å². The van der Waals surface area contributed by atoms with Crippen molar-refractivity contribution in [3.05, 3.63) is 0 Å². The fourth-order valence-corrected chi connectivity index (χ4v) is 1.43. The lowest BCUT2D eigenvalue weighted by Crippen LogP contribution is -2.52. The molecule has 0 atom stereocenters. The number of aliphatic carboxylic acids is 1. The maximum absolute atomic E-state index is 12.0. The molecule has 1 saturated heterocycles. The molecule has 0 saturated carbocycles. The first-order valence-electron chi connectivity index (χ1n) is 5.92. The SMILES string of the molecule is CN(CC(F)(F)F)C(=O)N1CCNCC1.O=C(O)C(F)(F)F. The summed E-state index contributed by atoms with van der Waals surface area (Å²) < 4.78 is 67.8. The summed E-state index contributed by atoms with van der Waals surface area (Å²) >= 11 is 0. The molecule has 0 aromatic carbocycles. The van der Waals surface area contributed by atoms with E-state index in [4.69, 9.17) is 9.90 Å². The monoisotopic (exact) mass is 339 g/mol. The van der Waals surface area contributed by atoms with Crippen LogP contribution in [0.1, 0.15) is 0 Å². The molecule has 2 amide bonds. The summed E-state index contributed by atoms with van der Waals surface area (Å²) in [4.78, 5) is 22.5. The summed E-state index contributed by atoms with van der Waals surface area (Å²) in [6.07, 6.45) is -9.42. The number of hydrogen-bond donors (Lipinski definition) is 2. The number of carbonyl (C=O) groups is 2. The van der Waals surface area contributed by atoms with E-state index in [9.17, 15) is 31.1 Å². The van der Waals surface area contributed by atoms with Crippen LogP contribution in [0.25, 0.3) is 0 Å². The molecule has 1 heterocycles. The van der Waals surface area contributed by atoms with E-state index in [-0.39, 0.29) is 0 Å². The zero-order valence-electron chi connectivity index (χ0n) is 11.5. The van der Waals surface area contributed by atoms with E-state index in [0.717, 1.165) is 7.05 Å². The summed E-state index contributed by atoms with van der Waals surface area (Å²) in [5, 5.41) is 10.1. The van der Waals surface area contributed by atoms with Gasteiger partial charge in [0.15, 0.2) is 0 Å². The van der Waals surface area contributed by atoms with Crippen molar-refractivity contribution in [3.8, 4) is 0 Å². The Labute approximate surface area is 121 Å². The van der Waals surface area contributed by atoms with Crippen molar-refractivity contribution in [3.63, 3.8) is 0 Å². The molecule has 22 heavy (non-hydrogen) atoms. The Morgan fingerprint density at radius 3 is 1.86 bits per heavy atom. The Kier molecular flexibility index (Phi) is 7.43. The number of carboxylic acids is 1. The predicted octanol–water partition coefficient (Wildman–Crippen LogP) is 1.14. The smallest absolute Gasteiger partial charge is 0.475 e. The molecule has 0 aliphatic carbocycles. The van der Waals surface area contributed by atoms with Gasteiger partial charge in [0.2, 0.25) is 0 Å². The Morgan fingerprint density at radius 2 is 1.55 bits per heavy atom. The van der Waals surface area contributed by atoms with Crippen LogP contribution in [0.15, 0.2) is 0 Å². The Bertz CT molecular complexity index is 379. The van der Waals surface area contributed by atoms with Crippen LogP contribution in [0.2, 0.25) is 0 Å². The minimum Gasteiger partial charge on any atom is -0.475 e. The van der Waals surface area contributed by atoms with Crippen molar-refractivity contribution in [2.24, 2.45) is 0 Å². The number of hydrogen-bond acceptors (Lipinski definition) is 3.